The van der Waals surface area contributed by atoms with Gasteiger partial charge in [-0.3, -0.25) is 0 Å². The van der Waals surface area contributed by atoms with Crippen LogP contribution < -0.4 is 5.32 Å². The molecule has 0 aromatic carbocycles. The standard InChI is InChI=1S/C12H18ClNOS/c1-14-11(9-3-2-6-15-8-9)7-10-4-5-12(13)16-10/h4-5,9,11,14H,2-3,6-8H2,1H3. The monoisotopic (exact) mass is 259 g/mol. The summed E-state index contributed by atoms with van der Waals surface area (Å²) < 4.78 is 6.42. The highest BCUT2D eigenvalue weighted by atomic mass is 35.5. The summed E-state index contributed by atoms with van der Waals surface area (Å²) in [5.41, 5.74) is 0. The maximum atomic E-state index is 5.95. The van der Waals surface area contributed by atoms with Crippen molar-refractivity contribution in [3.05, 3.63) is 21.3 Å². The van der Waals surface area contributed by atoms with Gasteiger partial charge in [0.05, 0.1) is 10.9 Å². The maximum absolute atomic E-state index is 5.95. The van der Waals surface area contributed by atoms with Crippen LogP contribution in [0.3, 0.4) is 0 Å². The molecule has 2 heterocycles. The van der Waals surface area contributed by atoms with E-state index in [4.69, 9.17) is 16.3 Å². The average Bonchev–Trinajstić information content (AvgIpc) is 2.73. The van der Waals surface area contributed by atoms with E-state index < -0.39 is 0 Å². The van der Waals surface area contributed by atoms with Crippen LogP contribution in [0.1, 0.15) is 17.7 Å². The fourth-order valence-corrected chi connectivity index (χ4v) is 3.41. The average molecular weight is 260 g/mol. The van der Waals surface area contributed by atoms with E-state index in [-0.39, 0.29) is 0 Å². The van der Waals surface area contributed by atoms with Crippen molar-refractivity contribution in [1.82, 2.24) is 5.32 Å². The molecule has 16 heavy (non-hydrogen) atoms. The van der Waals surface area contributed by atoms with Crippen LogP contribution in [0, 0.1) is 5.92 Å². The van der Waals surface area contributed by atoms with Gasteiger partial charge in [0.15, 0.2) is 0 Å². The summed E-state index contributed by atoms with van der Waals surface area (Å²) in [6.45, 7) is 1.82. The second-order valence-electron chi connectivity index (χ2n) is 4.28. The van der Waals surface area contributed by atoms with Gasteiger partial charge >= 0.3 is 0 Å². The Bertz CT molecular complexity index is 323. The topological polar surface area (TPSA) is 21.3 Å². The number of halogens is 1. The third kappa shape index (κ3) is 3.20. The Labute approximate surface area is 106 Å². The molecule has 90 valence electrons. The van der Waals surface area contributed by atoms with E-state index in [0.717, 1.165) is 24.0 Å². The minimum Gasteiger partial charge on any atom is -0.381 e. The summed E-state index contributed by atoms with van der Waals surface area (Å²) in [6, 6.07) is 4.61. The minimum absolute atomic E-state index is 0.509. The van der Waals surface area contributed by atoms with Gasteiger partial charge in [-0.25, -0.2) is 0 Å². The van der Waals surface area contributed by atoms with Crippen LogP contribution in [-0.4, -0.2) is 26.3 Å². The first-order valence-electron chi connectivity index (χ1n) is 5.79. The molecule has 2 nitrogen and oxygen atoms in total. The SMILES string of the molecule is CNC(Cc1ccc(Cl)s1)C1CCCOC1. The van der Waals surface area contributed by atoms with Crippen molar-refractivity contribution >= 4 is 22.9 Å². The van der Waals surface area contributed by atoms with Crippen LogP contribution >= 0.6 is 22.9 Å². The third-order valence-corrected chi connectivity index (χ3v) is 4.44. The summed E-state index contributed by atoms with van der Waals surface area (Å²) in [6.07, 6.45) is 3.51. The Hall–Kier alpha value is -0.0900. The van der Waals surface area contributed by atoms with E-state index in [1.54, 1.807) is 11.3 Å². The highest BCUT2D eigenvalue weighted by Crippen LogP contribution is 2.26. The molecule has 1 N–H and O–H groups in total. The van der Waals surface area contributed by atoms with Gasteiger partial charge in [0.1, 0.15) is 0 Å². The first-order valence-corrected chi connectivity index (χ1v) is 6.98. The molecule has 1 aliphatic heterocycles. The highest BCUT2D eigenvalue weighted by Gasteiger charge is 2.23. The lowest BCUT2D eigenvalue weighted by atomic mass is 9.91. The van der Waals surface area contributed by atoms with E-state index in [9.17, 15) is 0 Å². The van der Waals surface area contributed by atoms with Crippen molar-refractivity contribution in [2.45, 2.75) is 25.3 Å². The highest BCUT2D eigenvalue weighted by molar-refractivity contribution is 7.16. The fraction of sp³-hybridized carbons (Fsp3) is 0.667. The van der Waals surface area contributed by atoms with Gasteiger partial charge < -0.3 is 10.1 Å². The Kier molecular flexibility index (Phi) is 4.65. The molecule has 1 aromatic heterocycles. The predicted octanol–water partition coefficient (Wildman–Crippen LogP) is 2.96. The number of hydrogen-bond donors (Lipinski definition) is 1. The molecule has 0 spiro atoms. The zero-order valence-electron chi connectivity index (χ0n) is 9.54. The molecule has 4 heteroatoms. The fourth-order valence-electron chi connectivity index (χ4n) is 2.27. The van der Waals surface area contributed by atoms with Crippen LogP contribution in [-0.2, 0) is 11.2 Å². The van der Waals surface area contributed by atoms with E-state index >= 15 is 0 Å². The molecular weight excluding hydrogens is 242 g/mol. The number of likely N-dealkylation sites (N-methyl/N-ethyl adjacent to an activating group) is 1. The normalized spacial score (nSPS) is 23.2. The molecule has 1 aliphatic rings. The molecular formula is C12H18ClNOS. The second kappa shape index (κ2) is 6.01. The molecule has 0 bridgehead atoms. The van der Waals surface area contributed by atoms with Crippen molar-refractivity contribution in [2.24, 2.45) is 5.92 Å². The second-order valence-corrected chi connectivity index (χ2v) is 6.08. The van der Waals surface area contributed by atoms with Crippen molar-refractivity contribution in [1.29, 1.82) is 0 Å². The van der Waals surface area contributed by atoms with Gasteiger partial charge in [-0.05, 0) is 44.4 Å². The van der Waals surface area contributed by atoms with Crippen molar-refractivity contribution in [3.63, 3.8) is 0 Å². The predicted molar refractivity (Wildman–Crippen MR) is 69.4 cm³/mol. The van der Waals surface area contributed by atoms with E-state index in [1.807, 2.05) is 13.1 Å². The smallest absolute Gasteiger partial charge is 0.0931 e. The molecule has 2 unspecified atom stereocenters. The van der Waals surface area contributed by atoms with E-state index in [2.05, 4.69) is 11.4 Å². The van der Waals surface area contributed by atoms with Crippen LogP contribution in [0.5, 0.6) is 0 Å². The number of ether oxygens (including phenoxy) is 1. The molecule has 0 amide bonds. The number of thiophene rings is 1. The third-order valence-electron chi connectivity index (χ3n) is 3.19. The molecule has 2 atom stereocenters. The lowest BCUT2D eigenvalue weighted by Gasteiger charge is -2.29. The van der Waals surface area contributed by atoms with Crippen molar-refractivity contribution < 1.29 is 4.74 Å². The number of nitrogens with one attached hydrogen (secondary N) is 1. The van der Waals surface area contributed by atoms with Gasteiger partial charge in [-0.1, -0.05) is 11.6 Å². The van der Waals surface area contributed by atoms with Crippen LogP contribution in [0.25, 0.3) is 0 Å². The van der Waals surface area contributed by atoms with E-state index in [0.29, 0.717) is 12.0 Å². The summed E-state index contributed by atoms with van der Waals surface area (Å²) in [5.74, 6) is 0.639. The first kappa shape index (κ1) is 12.4. The zero-order valence-corrected chi connectivity index (χ0v) is 11.1. The van der Waals surface area contributed by atoms with Gasteiger partial charge in [0, 0.05) is 17.5 Å². The zero-order chi connectivity index (χ0) is 11.4. The lowest BCUT2D eigenvalue weighted by molar-refractivity contribution is 0.0406. The van der Waals surface area contributed by atoms with Crippen LogP contribution in [0.4, 0.5) is 0 Å². The summed E-state index contributed by atoms with van der Waals surface area (Å²) in [7, 11) is 2.04. The molecule has 1 aromatic rings. The van der Waals surface area contributed by atoms with Gasteiger partial charge in [-0.2, -0.15) is 0 Å². The summed E-state index contributed by atoms with van der Waals surface area (Å²) >= 11 is 7.63. The largest absolute Gasteiger partial charge is 0.381 e. The molecule has 0 saturated carbocycles. The van der Waals surface area contributed by atoms with Crippen molar-refractivity contribution in [3.8, 4) is 0 Å². The minimum atomic E-state index is 0.509. The summed E-state index contributed by atoms with van der Waals surface area (Å²) in [5, 5.41) is 3.41. The molecule has 2 rings (SSSR count). The van der Waals surface area contributed by atoms with Crippen LogP contribution in [0.15, 0.2) is 12.1 Å². The Balaban J connectivity index is 1.94. The number of hydrogen-bond acceptors (Lipinski definition) is 3. The summed E-state index contributed by atoms with van der Waals surface area (Å²) in [4.78, 5) is 1.36. The number of rotatable bonds is 4. The van der Waals surface area contributed by atoms with Gasteiger partial charge in [-0.15, -0.1) is 11.3 Å². The quantitative estimate of drug-likeness (QED) is 0.898. The van der Waals surface area contributed by atoms with Gasteiger partial charge in [0.25, 0.3) is 0 Å². The Morgan fingerprint density at radius 3 is 3.06 bits per heavy atom. The Morgan fingerprint density at radius 1 is 1.62 bits per heavy atom. The first-order chi connectivity index (χ1) is 7.79. The van der Waals surface area contributed by atoms with E-state index in [1.165, 1.54) is 17.7 Å². The van der Waals surface area contributed by atoms with Crippen molar-refractivity contribution in [2.75, 3.05) is 20.3 Å². The Morgan fingerprint density at radius 2 is 2.50 bits per heavy atom. The van der Waals surface area contributed by atoms with Gasteiger partial charge in [0.2, 0.25) is 0 Å². The molecule has 1 saturated heterocycles. The van der Waals surface area contributed by atoms with Crippen LogP contribution in [0.2, 0.25) is 4.34 Å². The lowest BCUT2D eigenvalue weighted by Crippen LogP contribution is -2.39. The molecule has 0 aliphatic carbocycles. The maximum Gasteiger partial charge on any atom is 0.0931 e. The molecule has 0 radical (unpaired) electrons. The molecule has 1 fully saturated rings.